The summed E-state index contributed by atoms with van der Waals surface area (Å²) in [5.74, 6) is 1.34. The summed E-state index contributed by atoms with van der Waals surface area (Å²) >= 11 is 0. The van der Waals surface area contributed by atoms with E-state index in [1.54, 1.807) is 24.5 Å². The Morgan fingerprint density at radius 3 is 2.42 bits per heavy atom. The van der Waals surface area contributed by atoms with Gasteiger partial charge in [0.05, 0.1) is 6.20 Å². The molecule has 0 spiro atoms. The summed E-state index contributed by atoms with van der Waals surface area (Å²) < 4.78 is 11.2. The number of hydrogen-bond acceptors (Lipinski definition) is 3. The number of benzene rings is 2. The molecule has 0 saturated carbocycles. The van der Waals surface area contributed by atoms with Crippen molar-refractivity contribution < 1.29 is 14.3 Å². The number of carbonyl (C=O) groups excluding carboxylic acids is 1. The maximum Gasteiger partial charge on any atom is 0.423 e. The van der Waals surface area contributed by atoms with Crippen molar-refractivity contribution in [3.63, 3.8) is 0 Å². The first kappa shape index (κ1) is 15.9. The van der Waals surface area contributed by atoms with E-state index in [2.05, 4.69) is 0 Å². The van der Waals surface area contributed by atoms with Gasteiger partial charge in [0, 0.05) is 12.1 Å². The first-order valence-electron chi connectivity index (χ1n) is 7.84. The monoisotopic (exact) mass is 321 g/mol. The zero-order valence-corrected chi connectivity index (χ0v) is 13.5. The number of ether oxygens (including phenoxy) is 2. The Morgan fingerprint density at radius 1 is 1.04 bits per heavy atom. The molecule has 0 bridgehead atoms. The second kappa shape index (κ2) is 7.51. The Labute approximate surface area is 141 Å². The van der Waals surface area contributed by atoms with Crippen molar-refractivity contribution in [2.75, 3.05) is 0 Å². The predicted molar refractivity (Wildman–Crippen MR) is 91.9 cm³/mol. The summed E-state index contributed by atoms with van der Waals surface area (Å²) in [4.78, 5) is 13.6. The number of nitrogens with zero attached hydrogens (tertiary/aromatic N) is 1. The van der Waals surface area contributed by atoms with E-state index in [0.717, 1.165) is 11.3 Å². The topological polar surface area (TPSA) is 38.8 Å². The fourth-order valence-corrected chi connectivity index (χ4v) is 2.28. The standard InChI is InChI=1S/C20H19NO3/c1-16-12-13-21(20(22)24-18-10-6-3-7-11-18)14-19(16)23-15-17-8-4-2-5-9-17/h2-14,16H,15H2,1H3. The van der Waals surface area contributed by atoms with Gasteiger partial charge in [-0.3, -0.25) is 4.90 Å². The van der Waals surface area contributed by atoms with Crippen molar-refractivity contribution in [2.45, 2.75) is 13.5 Å². The fourth-order valence-electron chi connectivity index (χ4n) is 2.28. The summed E-state index contributed by atoms with van der Waals surface area (Å²) in [5, 5.41) is 0. The summed E-state index contributed by atoms with van der Waals surface area (Å²) in [6.07, 6.45) is 4.82. The van der Waals surface area contributed by atoms with Gasteiger partial charge in [0.1, 0.15) is 18.1 Å². The molecule has 3 rings (SSSR count). The lowest BCUT2D eigenvalue weighted by Gasteiger charge is -2.23. The fraction of sp³-hybridized carbons (Fsp3) is 0.150. The quantitative estimate of drug-likeness (QED) is 0.818. The van der Waals surface area contributed by atoms with Crippen LogP contribution in [0.25, 0.3) is 0 Å². The predicted octanol–water partition coefficient (Wildman–Crippen LogP) is 4.71. The van der Waals surface area contributed by atoms with Crippen LogP contribution in [0.2, 0.25) is 0 Å². The minimum atomic E-state index is -0.467. The Hall–Kier alpha value is -3.01. The van der Waals surface area contributed by atoms with E-state index in [1.807, 2.05) is 61.5 Å². The van der Waals surface area contributed by atoms with Crippen molar-refractivity contribution >= 4 is 6.09 Å². The van der Waals surface area contributed by atoms with E-state index in [-0.39, 0.29) is 5.92 Å². The second-order valence-electron chi connectivity index (χ2n) is 5.52. The molecule has 122 valence electrons. The number of rotatable bonds is 4. The highest BCUT2D eigenvalue weighted by atomic mass is 16.6. The third-order valence-corrected chi connectivity index (χ3v) is 3.66. The van der Waals surface area contributed by atoms with E-state index in [9.17, 15) is 4.79 Å². The number of para-hydroxylation sites is 1. The molecule has 2 aromatic rings. The number of hydrogen-bond donors (Lipinski definition) is 0. The molecule has 1 unspecified atom stereocenters. The third-order valence-electron chi connectivity index (χ3n) is 3.66. The van der Waals surface area contributed by atoms with Crippen LogP contribution in [0.4, 0.5) is 4.79 Å². The van der Waals surface area contributed by atoms with Gasteiger partial charge in [0.25, 0.3) is 0 Å². The lowest BCUT2D eigenvalue weighted by molar-refractivity contribution is 0.157. The smallest absolute Gasteiger partial charge is 0.423 e. The average molecular weight is 321 g/mol. The number of allylic oxidation sites excluding steroid dienone is 1. The van der Waals surface area contributed by atoms with Gasteiger partial charge in [0.15, 0.2) is 0 Å². The minimum Gasteiger partial charge on any atom is -0.491 e. The molecule has 0 fully saturated rings. The summed E-state index contributed by atoms with van der Waals surface area (Å²) in [6.45, 7) is 2.49. The molecular weight excluding hydrogens is 302 g/mol. The van der Waals surface area contributed by atoms with Crippen LogP contribution in [-0.2, 0) is 11.3 Å². The molecule has 1 heterocycles. The number of carbonyl (C=O) groups is 1. The molecule has 1 aliphatic heterocycles. The normalized spacial score (nSPS) is 16.5. The van der Waals surface area contributed by atoms with Crippen molar-refractivity contribution in [3.05, 3.63) is 90.5 Å². The van der Waals surface area contributed by atoms with Crippen molar-refractivity contribution in [3.8, 4) is 5.75 Å². The molecular formula is C20H19NO3. The summed E-state index contributed by atoms with van der Waals surface area (Å²) in [7, 11) is 0. The van der Waals surface area contributed by atoms with Crippen LogP contribution < -0.4 is 4.74 Å². The van der Waals surface area contributed by atoms with Crippen molar-refractivity contribution in [1.29, 1.82) is 0 Å². The SMILES string of the molecule is CC1C=CN(C(=O)Oc2ccccc2)C=C1OCc1ccccc1. The first-order valence-corrected chi connectivity index (χ1v) is 7.84. The van der Waals surface area contributed by atoms with E-state index in [0.29, 0.717) is 12.4 Å². The van der Waals surface area contributed by atoms with E-state index < -0.39 is 6.09 Å². The molecule has 0 N–H and O–H groups in total. The van der Waals surface area contributed by atoms with E-state index in [1.165, 1.54) is 4.90 Å². The maximum atomic E-state index is 12.2. The number of amides is 1. The van der Waals surface area contributed by atoms with Crippen LogP contribution in [0.15, 0.2) is 84.9 Å². The molecule has 0 radical (unpaired) electrons. The van der Waals surface area contributed by atoms with Crippen LogP contribution >= 0.6 is 0 Å². The molecule has 0 saturated heterocycles. The van der Waals surface area contributed by atoms with Crippen molar-refractivity contribution in [2.24, 2.45) is 5.92 Å². The van der Waals surface area contributed by atoms with Crippen LogP contribution in [0.3, 0.4) is 0 Å². The lowest BCUT2D eigenvalue weighted by atomic mass is 10.1. The van der Waals surface area contributed by atoms with Gasteiger partial charge < -0.3 is 9.47 Å². The molecule has 4 nitrogen and oxygen atoms in total. The second-order valence-corrected chi connectivity index (χ2v) is 5.52. The lowest BCUT2D eigenvalue weighted by Crippen LogP contribution is -2.27. The first-order chi connectivity index (χ1) is 11.7. The molecule has 0 aromatic heterocycles. The molecule has 2 aromatic carbocycles. The Balaban J connectivity index is 1.65. The molecule has 1 atom stereocenters. The third kappa shape index (κ3) is 4.04. The Bertz CT molecular complexity index is 738. The van der Waals surface area contributed by atoms with Crippen LogP contribution in [0, 0.1) is 5.92 Å². The zero-order chi connectivity index (χ0) is 16.8. The molecule has 0 aliphatic carbocycles. The minimum absolute atomic E-state index is 0.106. The maximum absolute atomic E-state index is 12.2. The largest absolute Gasteiger partial charge is 0.491 e. The molecule has 4 heteroatoms. The highest BCUT2D eigenvalue weighted by molar-refractivity contribution is 5.73. The Kier molecular flexibility index (Phi) is 4.96. The van der Waals surface area contributed by atoms with Gasteiger partial charge in [0.2, 0.25) is 0 Å². The van der Waals surface area contributed by atoms with Gasteiger partial charge in [-0.25, -0.2) is 4.79 Å². The van der Waals surface area contributed by atoms with Gasteiger partial charge in [-0.2, -0.15) is 0 Å². The van der Waals surface area contributed by atoms with Crippen molar-refractivity contribution in [1.82, 2.24) is 4.90 Å². The van der Waals surface area contributed by atoms with Gasteiger partial charge >= 0.3 is 6.09 Å². The van der Waals surface area contributed by atoms with E-state index in [4.69, 9.17) is 9.47 Å². The van der Waals surface area contributed by atoms with Crippen LogP contribution in [0.1, 0.15) is 12.5 Å². The van der Waals surface area contributed by atoms with Gasteiger partial charge in [-0.1, -0.05) is 61.5 Å². The summed E-state index contributed by atoms with van der Waals surface area (Å²) in [6, 6.07) is 18.9. The van der Waals surface area contributed by atoms with Gasteiger partial charge in [-0.05, 0) is 17.7 Å². The zero-order valence-electron chi connectivity index (χ0n) is 13.5. The van der Waals surface area contributed by atoms with Gasteiger partial charge in [-0.15, -0.1) is 0 Å². The van der Waals surface area contributed by atoms with Crippen LogP contribution in [0.5, 0.6) is 5.75 Å². The molecule has 1 aliphatic rings. The average Bonchev–Trinajstić information content (AvgIpc) is 2.62. The van der Waals surface area contributed by atoms with E-state index >= 15 is 0 Å². The highest BCUT2D eigenvalue weighted by Gasteiger charge is 2.20. The van der Waals surface area contributed by atoms with Crippen LogP contribution in [-0.4, -0.2) is 11.0 Å². The highest BCUT2D eigenvalue weighted by Crippen LogP contribution is 2.22. The summed E-state index contributed by atoms with van der Waals surface area (Å²) in [5.41, 5.74) is 1.08. The molecule has 1 amide bonds. The Morgan fingerprint density at radius 2 is 1.71 bits per heavy atom. The molecule has 24 heavy (non-hydrogen) atoms.